The molecule has 3 rings (SSSR count). The van der Waals surface area contributed by atoms with E-state index >= 15 is 0 Å². The Morgan fingerprint density at radius 3 is 2.48 bits per heavy atom. The quantitative estimate of drug-likeness (QED) is 0.632. The maximum absolute atomic E-state index is 13.4. The van der Waals surface area contributed by atoms with Crippen molar-refractivity contribution in [2.24, 2.45) is 0 Å². The summed E-state index contributed by atoms with van der Waals surface area (Å²) in [6, 6.07) is 18.0. The second kappa shape index (κ2) is 8.64. The third-order valence-corrected chi connectivity index (χ3v) is 4.46. The van der Waals surface area contributed by atoms with Crippen LogP contribution in [0, 0.1) is 12.7 Å². The van der Waals surface area contributed by atoms with Gasteiger partial charge in [-0.25, -0.2) is 4.39 Å². The second-order valence-corrected chi connectivity index (χ2v) is 6.31. The number of aromatic nitrogens is 1. The van der Waals surface area contributed by atoms with Gasteiger partial charge >= 0.3 is 0 Å². The molecule has 140 valence electrons. The smallest absolute Gasteiger partial charge is 0.253 e. The summed E-state index contributed by atoms with van der Waals surface area (Å²) < 4.78 is 20.4. The highest BCUT2D eigenvalue weighted by molar-refractivity contribution is 5.97. The van der Waals surface area contributed by atoms with E-state index in [0.29, 0.717) is 18.7 Å². The summed E-state index contributed by atoms with van der Waals surface area (Å²) in [5, 5.41) is 2.93. The lowest BCUT2D eigenvalue weighted by atomic mass is 10.1. The van der Waals surface area contributed by atoms with Crippen LogP contribution in [0.15, 0.2) is 60.7 Å². The molecule has 2 aromatic carbocycles. The number of ether oxygens (including phenoxy) is 1. The predicted octanol–water partition coefficient (Wildman–Crippen LogP) is 4.36. The first-order valence-electron chi connectivity index (χ1n) is 8.92. The van der Waals surface area contributed by atoms with Gasteiger partial charge in [0.15, 0.2) is 0 Å². The first-order valence-corrected chi connectivity index (χ1v) is 8.92. The lowest BCUT2D eigenvalue weighted by Crippen LogP contribution is -2.25. The van der Waals surface area contributed by atoms with Crippen LogP contribution in [-0.2, 0) is 4.74 Å². The fourth-order valence-electron chi connectivity index (χ4n) is 3.09. The summed E-state index contributed by atoms with van der Waals surface area (Å²) in [7, 11) is 1.64. The van der Waals surface area contributed by atoms with E-state index < -0.39 is 0 Å². The van der Waals surface area contributed by atoms with E-state index in [1.807, 2.05) is 47.9 Å². The molecule has 0 atom stereocenters. The van der Waals surface area contributed by atoms with Gasteiger partial charge in [0.25, 0.3) is 5.91 Å². The number of rotatable bonds is 7. The number of amides is 1. The molecule has 0 saturated heterocycles. The van der Waals surface area contributed by atoms with Gasteiger partial charge in [-0.05, 0) is 49.2 Å². The molecule has 0 fully saturated rings. The highest BCUT2D eigenvalue weighted by Crippen LogP contribution is 2.29. The van der Waals surface area contributed by atoms with Crippen LogP contribution in [0.2, 0.25) is 0 Å². The summed E-state index contributed by atoms with van der Waals surface area (Å²) >= 11 is 0. The highest BCUT2D eigenvalue weighted by atomic mass is 19.1. The van der Waals surface area contributed by atoms with Crippen molar-refractivity contribution in [3.05, 3.63) is 77.7 Å². The molecule has 0 aliphatic heterocycles. The summed E-state index contributed by atoms with van der Waals surface area (Å²) in [5.41, 5.74) is 4.11. The SMILES string of the molecule is COCCCNC(=O)c1cc(-c2ccccc2)n(-c2ccc(F)cc2)c1C. The van der Waals surface area contributed by atoms with E-state index in [4.69, 9.17) is 4.74 Å². The summed E-state index contributed by atoms with van der Waals surface area (Å²) in [6.45, 7) is 3.06. The molecular weight excluding hydrogens is 343 g/mol. The van der Waals surface area contributed by atoms with Crippen molar-refractivity contribution in [3.63, 3.8) is 0 Å². The summed E-state index contributed by atoms with van der Waals surface area (Å²) in [4.78, 5) is 12.7. The van der Waals surface area contributed by atoms with Crippen LogP contribution in [0.1, 0.15) is 22.5 Å². The van der Waals surface area contributed by atoms with Gasteiger partial charge in [0.1, 0.15) is 5.82 Å². The number of benzene rings is 2. The molecule has 0 aliphatic carbocycles. The monoisotopic (exact) mass is 366 g/mol. The average molecular weight is 366 g/mol. The molecule has 1 heterocycles. The summed E-state index contributed by atoms with van der Waals surface area (Å²) in [6.07, 6.45) is 0.755. The number of halogens is 1. The number of carbonyl (C=O) groups is 1. The van der Waals surface area contributed by atoms with E-state index in [2.05, 4.69) is 5.32 Å². The molecule has 0 saturated carbocycles. The zero-order valence-corrected chi connectivity index (χ0v) is 15.5. The third-order valence-electron chi connectivity index (χ3n) is 4.46. The van der Waals surface area contributed by atoms with Gasteiger partial charge in [-0.2, -0.15) is 0 Å². The van der Waals surface area contributed by atoms with Crippen LogP contribution >= 0.6 is 0 Å². The topological polar surface area (TPSA) is 43.3 Å². The van der Waals surface area contributed by atoms with Crippen LogP contribution < -0.4 is 5.32 Å². The Hall–Kier alpha value is -2.92. The first kappa shape index (κ1) is 18.9. The van der Waals surface area contributed by atoms with Crippen LogP contribution in [0.5, 0.6) is 0 Å². The lowest BCUT2D eigenvalue weighted by Gasteiger charge is -2.12. The number of nitrogens with zero attached hydrogens (tertiary/aromatic N) is 1. The second-order valence-electron chi connectivity index (χ2n) is 6.31. The van der Waals surface area contributed by atoms with Crippen molar-refractivity contribution in [1.29, 1.82) is 0 Å². The van der Waals surface area contributed by atoms with Crippen molar-refractivity contribution < 1.29 is 13.9 Å². The standard InChI is InChI=1S/C22H23FN2O2/c1-16-20(22(26)24-13-6-14-27-2)15-21(17-7-4-3-5-8-17)25(16)19-11-9-18(23)10-12-19/h3-5,7-12,15H,6,13-14H2,1-2H3,(H,24,26). The molecule has 1 amide bonds. The number of methoxy groups -OCH3 is 1. The Balaban J connectivity index is 2.01. The minimum Gasteiger partial charge on any atom is -0.385 e. The minimum atomic E-state index is -0.291. The lowest BCUT2D eigenvalue weighted by molar-refractivity contribution is 0.0948. The number of nitrogens with one attached hydrogen (secondary N) is 1. The van der Waals surface area contributed by atoms with Gasteiger partial charge in [-0.1, -0.05) is 30.3 Å². The average Bonchev–Trinajstić information content (AvgIpc) is 3.04. The fourth-order valence-corrected chi connectivity index (χ4v) is 3.09. The number of carbonyl (C=O) groups excluding carboxylic acids is 1. The summed E-state index contributed by atoms with van der Waals surface area (Å²) in [5.74, 6) is -0.414. The molecule has 0 aliphatic rings. The molecule has 1 aromatic heterocycles. The Morgan fingerprint density at radius 2 is 1.81 bits per heavy atom. The van der Waals surface area contributed by atoms with Crippen LogP contribution in [0.25, 0.3) is 16.9 Å². The maximum Gasteiger partial charge on any atom is 0.253 e. The van der Waals surface area contributed by atoms with Crippen LogP contribution in [0.4, 0.5) is 4.39 Å². The molecule has 0 radical (unpaired) electrons. The molecule has 0 spiro atoms. The predicted molar refractivity (Wildman–Crippen MR) is 105 cm³/mol. The minimum absolute atomic E-state index is 0.123. The van der Waals surface area contributed by atoms with Crippen molar-refractivity contribution in [2.45, 2.75) is 13.3 Å². The molecule has 0 bridgehead atoms. The van der Waals surface area contributed by atoms with Crippen molar-refractivity contribution >= 4 is 5.91 Å². The fraction of sp³-hybridized carbons (Fsp3) is 0.227. The van der Waals surface area contributed by atoms with Gasteiger partial charge < -0.3 is 14.6 Å². The Morgan fingerprint density at radius 1 is 1.11 bits per heavy atom. The zero-order chi connectivity index (χ0) is 19.2. The van der Waals surface area contributed by atoms with Crippen molar-refractivity contribution in [1.82, 2.24) is 9.88 Å². The third kappa shape index (κ3) is 4.26. The first-order chi connectivity index (χ1) is 13.1. The van der Waals surface area contributed by atoms with E-state index in [1.165, 1.54) is 12.1 Å². The normalized spacial score (nSPS) is 10.8. The van der Waals surface area contributed by atoms with E-state index in [1.54, 1.807) is 19.2 Å². The maximum atomic E-state index is 13.4. The molecule has 4 nitrogen and oxygen atoms in total. The Labute approximate surface area is 158 Å². The van der Waals surface area contributed by atoms with Crippen molar-refractivity contribution in [3.8, 4) is 16.9 Å². The van der Waals surface area contributed by atoms with Gasteiger partial charge in [0.2, 0.25) is 0 Å². The van der Waals surface area contributed by atoms with Crippen LogP contribution in [0.3, 0.4) is 0 Å². The van der Waals surface area contributed by atoms with E-state index in [-0.39, 0.29) is 11.7 Å². The van der Waals surface area contributed by atoms with Crippen molar-refractivity contribution in [2.75, 3.05) is 20.3 Å². The van der Waals surface area contributed by atoms with Crippen LogP contribution in [-0.4, -0.2) is 30.7 Å². The molecule has 0 unspecified atom stereocenters. The molecule has 3 aromatic rings. The van der Waals surface area contributed by atoms with E-state index in [0.717, 1.165) is 29.1 Å². The molecule has 27 heavy (non-hydrogen) atoms. The highest BCUT2D eigenvalue weighted by Gasteiger charge is 2.19. The number of hydrogen-bond donors (Lipinski definition) is 1. The van der Waals surface area contributed by atoms with Gasteiger partial charge in [0, 0.05) is 31.6 Å². The molecule has 5 heteroatoms. The van der Waals surface area contributed by atoms with Gasteiger partial charge in [-0.15, -0.1) is 0 Å². The van der Waals surface area contributed by atoms with Gasteiger partial charge in [-0.3, -0.25) is 4.79 Å². The molecule has 1 N–H and O–H groups in total. The Kier molecular flexibility index (Phi) is 6.04. The largest absolute Gasteiger partial charge is 0.385 e. The van der Waals surface area contributed by atoms with Gasteiger partial charge in [0.05, 0.1) is 11.3 Å². The number of hydrogen-bond acceptors (Lipinski definition) is 2. The Bertz CT molecular complexity index is 902. The zero-order valence-electron chi connectivity index (χ0n) is 15.5. The van der Waals surface area contributed by atoms with E-state index in [9.17, 15) is 9.18 Å². The molecular formula is C22H23FN2O2.